The number of rotatable bonds is 3. The van der Waals surface area contributed by atoms with Crippen LogP contribution in [-0.2, 0) is 0 Å². The lowest BCUT2D eigenvalue weighted by Gasteiger charge is -2.09. The smallest absolute Gasteiger partial charge is 0.272 e. The number of aromatic nitrogens is 2. The van der Waals surface area contributed by atoms with Crippen LogP contribution in [0.3, 0.4) is 0 Å². The number of anilines is 1. The van der Waals surface area contributed by atoms with Gasteiger partial charge in [0.1, 0.15) is 11.0 Å². The summed E-state index contributed by atoms with van der Waals surface area (Å²) in [6.07, 6.45) is 0. The number of nitro benzene ring substituents is 1. The molecule has 23 heavy (non-hydrogen) atoms. The Balaban J connectivity index is 1.95. The predicted octanol–water partition coefficient (Wildman–Crippen LogP) is 3.47. The molecule has 1 N–H and O–H groups in total. The van der Waals surface area contributed by atoms with Gasteiger partial charge < -0.3 is 5.32 Å². The Morgan fingerprint density at radius 3 is 2.65 bits per heavy atom. The summed E-state index contributed by atoms with van der Waals surface area (Å²) in [5.41, 5.74) is 3.62. The van der Waals surface area contributed by atoms with E-state index in [1.807, 2.05) is 19.1 Å². The number of carbonyl (C=O) groups is 1. The Morgan fingerprint density at radius 2 is 1.96 bits per heavy atom. The van der Waals surface area contributed by atoms with Crippen LogP contribution in [0.4, 0.5) is 11.4 Å². The Bertz CT molecular complexity index is 936. The van der Waals surface area contributed by atoms with Crippen LogP contribution in [0.2, 0.25) is 0 Å². The van der Waals surface area contributed by atoms with Gasteiger partial charge in [-0.1, -0.05) is 6.07 Å². The highest BCUT2D eigenvalue weighted by atomic mass is 32.1. The van der Waals surface area contributed by atoms with E-state index in [-0.39, 0.29) is 11.6 Å². The zero-order chi connectivity index (χ0) is 16.6. The van der Waals surface area contributed by atoms with Gasteiger partial charge in [0.15, 0.2) is 0 Å². The minimum absolute atomic E-state index is 0.0106. The number of nitrogens with one attached hydrogen (secondary N) is 1. The van der Waals surface area contributed by atoms with E-state index in [0.29, 0.717) is 22.3 Å². The lowest BCUT2D eigenvalue weighted by atomic mass is 10.1. The summed E-state index contributed by atoms with van der Waals surface area (Å²) in [4.78, 5) is 22.8. The molecule has 3 rings (SSSR count). The number of fused-ring (bicyclic) bond motifs is 1. The van der Waals surface area contributed by atoms with Crippen molar-refractivity contribution in [3.05, 3.63) is 57.1 Å². The molecule has 1 heterocycles. The number of carbonyl (C=O) groups excluding carboxylic acids is 1. The molecule has 2 aromatic carbocycles. The number of hydrogen-bond donors (Lipinski definition) is 1. The predicted molar refractivity (Wildman–Crippen MR) is 87.9 cm³/mol. The van der Waals surface area contributed by atoms with E-state index in [1.165, 1.54) is 18.2 Å². The molecule has 1 aromatic heterocycles. The van der Waals surface area contributed by atoms with Gasteiger partial charge in [-0.25, -0.2) is 0 Å². The maximum absolute atomic E-state index is 12.4. The minimum atomic E-state index is -0.469. The monoisotopic (exact) mass is 328 g/mol. The highest BCUT2D eigenvalue weighted by Gasteiger charge is 2.16. The van der Waals surface area contributed by atoms with Gasteiger partial charge in [0, 0.05) is 17.2 Å². The van der Waals surface area contributed by atoms with Crippen molar-refractivity contribution in [1.29, 1.82) is 0 Å². The van der Waals surface area contributed by atoms with E-state index in [9.17, 15) is 14.9 Å². The van der Waals surface area contributed by atoms with Gasteiger partial charge in [-0.2, -0.15) is 8.75 Å². The van der Waals surface area contributed by atoms with Gasteiger partial charge in [-0.15, -0.1) is 0 Å². The van der Waals surface area contributed by atoms with Crippen molar-refractivity contribution in [3.8, 4) is 0 Å². The summed E-state index contributed by atoms with van der Waals surface area (Å²) in [6.45, 7) is 3.47. The molecule has 0 spiro atoms. The largest absolute Gasteiger partial charge is 0.320 e. The fraction of sp³-hybridized carbons (Fsp3) is 0.133. The van der Waals surface area contributed by atoms with E-state index in [0.717, 1.165) is 22.8 Å². The van der Waals surface area contributed by atoms with Gasteiger partial charge in [-0.05, 0) is 37.6 Å². The molecule has 0 fully saturated rings. The number of nitro groups is 1. The molecule has 7 nitrogen and oxygen atoms in total. The van der Waals surface area contributed by atoms with E-state index in [1.54, 1.807) is 6.92 Å². The van der Waals surface area contributed by atoms with Crippen LogP contribution in [-0.4, -0.2) is 19.6 Å². The zero-order valence-electron chi connectivity index (χ0n) is 12.4. The van der Waals surface area contributed by atoms with Crippen LogP contribution in [0.5, 0.6) is 0 Å². The summed E-state index contributed by atoms with van der Waals surface area (Å²) in [5, 5.41) is 13.7. The van der Waals surface area contributed by atoms with Gasteiger partial charge in [0.2, 0.25) is 0 Å². The normalized spacial score (nSPS) is 10.7. The molecule has 3 aromatic rings. The van der Waals surface area contributed by atoms with Crippen LogP contribution in [0.15, 0.2) is 30.3 Å². The van der Waals surface area contributed by atoms with Gasteiger partial charge in [-0.3, -0.25) is 14.9 Å². The van der Waals surface area contributed by atoms with E-state index in [2.05, 4.69) is 14.1 Å². The Labute approximate surface area is 135 Å². The van der Waals surface area contributed by atoms with Gasteiger partial charge in [0.05, 0.1) is 22.3 Å². The maximum atomic E-state index is 12.4. The molecular weight excluding hydrogens is 316 g/mol. The Morgan fingerprint density at radius 1 is 1.17 bits per heavy atom. The lowest BCUT2D eigenvalue weighted by molar-refractivity contribution is -0.385. The number of aryl methyl sites for hydroxylation is 2. The van der Waals surface area contributed by atoms with Crippen molar-refractivity contribution in [2.24, 2.45) is 0 Å². The molecule has 8 heteroatoms. The zero-order valence-corrected chi connectivity index (χ0v) is 13.2. The van der Waals surface area contributed by atoms with Gasteiger partial charge in [0.25, 0.3) is 11.6 Å². The molecule has 0 saturated heterocycles. The van der Waals surface area contributed by atoms with Crippen molar-refractivity contribution in [2.75, 3.05) is 5.32 Å². The molecule has 0 bridgehead atoms. The minimum Gasteiger partial charge on any atom is -0.320 e. The van der Waals surface area contributed by atoms with Crippen molar-refractivity contribution >= 4 is 40.0 Å². The second-order valence-electron chi connectivity index (χ2n) is 5.10. The second kappa shape index (κ2) is 5.73. The fourth-order valence-corrected chi connectivity index (χ4v) is 2.84. The maximum Gasteiger partial charge on any atom is 0.272 e. The first-order valence-corrected chi connectivity index (χ1v) is 7.48. The highest BCUT2D eigenvalue weighted by Crippen LogP contribution is 2.26. The summed E-state index contributed by atoms with van der Waals surface area (Å²) < 4.78 is 8.36. The first-order valence-electron chi connectivity index (χ1n) is 6.75. The first kappa shape index (κ1) is 15.0. The number of hydrogen-bond acceptors (Lipinski definition) is 6. The van der Waals surface area contributed by atoms with E-state index >= 15 is 0 Å². The molecule has 1 amide bonds. The molecule has 116 valence electrons. The third kappa shape index (κ3) is 2.76. The second-order valence-corrected chi connectivity index (χ2v) is 5.63. The number of nitrogens with zero attached hydrogens (tertiary/aromatic N) is 3. The average molecular weight is 328 g/mol. The van der Waals surface area contributed by atoms with Crippen molar-refractivity contribution in [1.82, 2.24) is 8.75 Å². The summed E-state index contributed by atoms with van der Waals surface area (Å²) in [7, 11) is 0. The molecule has 0 radical (unpaired) electrons. The van der Waals surface area contributed by atoms with Crippen LogP contribution in [0, 0.1) is 24.0 Å². The molecule has 0 aliphatic rings. The number of amides is 1. The lowest BCUT2D eigenvalue weighted by Crippen LogP contribution is -2.13. The van der Waals surface area contributed by atoms with Crippen LogP contribution >= 0.6 is 11.7 Å². The van der Waals surface area contributed by atoms with E-state index < -0.39 is 4.92 Å². The SMILES string of the molecule is Cc1cc(C(=O)Nc2c(C)ccc3nsnc23)ccc1[N+](=O)[O-]. The third-order valence-corrected chi connectivity index (χ3v) is 4.07. The molecule has 0 unspecified atom stereocenters. The average Bonchev–Trinajstić information content (AvgIpc) is 2.98. The summed E-state index contributed by atoms with van der Waals surface area (Å²) in [6, 6.07) is 7.99. The molecule has 0 aliphatic heterocycles. The first-order chi connectivity index (χ1) is 11.0. The molecular formula is C15H12N4O3S. The van der Waals surface area contributed by atoms with Gasteiger partial charge >= 0.3 is 0 Å². The van der Waals surface area contributed by atoms with E-state index in [4.69, 9.17) is 0 Å². The fourth-order valence-electron chi connectivity index (χ4n) is 2.30. The third-order valence-electron chi connectivity index (χ3n) is 3.53. The topological polar surface area (TPSA) is 98.0 Å². The molecule has 0 atom stereocenters. The van der Waals surface area contributed by atoms with Crippen molar-refractivity contribution < 1.29 is 9.72 Å². The van der Waals surface area contributed by atoms with Crippen LogP contribution in [0.25, 0.3) is 11.0 Å². The van der Waals surface area contributed by atoms with Crippen molar-refractivity contribution in [3.63, 3.8) is 0 Å². The number of benzene rings is 2. The highest BCUT2D eigenvalue weighted by molar-refractivity contribution is 7.00. The Hall–Kier alpha value is -2.87. The molecule has 0 saturated carbocycles. The summed E-state index contributed by atoms with van der Waals surface area (Å²) >= 11 is 1.08. The standard InChI is InChI=1S/C15H12N4O3S/c1-8-3-5-11-14(18-23-17-11)13(8)16-15(20)10-4-6-12(19(21)22)9(2)7-10/h3-7H,1-2H3,(H,16,20). The molecule has 0 aliphatic carbocycles. The summed E-state index contributed by atoms with van der Waals surface area (Å²) in [5.74, 6) is -0.341. The van der Waals surface area contributed by atoms with Crippen LogP contribution < -0.4 is 5.32 Å². The van der Waals surface area contributed by atoms with Crippen LogP contribution in [0.1, 0.15) is 21.5 Å². The quantitative estimate of drug-likeness (QED) is 0.586. The van der Waals surface area contributed by atoms with Crippen molar-refractivity contribution in [2.45, 2.75) is 13.8 Å². The Kier molecular flexibility index (Phi) is 3.75.